The fourth-order valence-corrected chi connectivity index (χ4v) is 2.99. The Morgan fingerprint density at radius 3 is 2.80 bits per heavy atom. The molecule has 1 aromatic rings. The van der Waals surface area contributed by atoms with Gasteiger partial charge in [-0.05, 0) is 53.9 Å². The van der Waals surface area contributed by atoms with E-state index in [4.69, 9.17) is 15.2 Å². The number of fused-ring (bicyclic) bond motifs is 1. The second-order valence-electron chi connectivity index (χ2n) is 5.18. The number of halogens is 1. The molecule has 1 heterocycles. The Morgan fingerprint density at radius 1 is 1.40 bits per heavy atom. The summed E-state index contributed by atoms with van der Waals surface area (Å²) >= 11 is 3.49. The first-order valence-electron chi connectivity index (χ1n) is 6.74. The van der Waals surface area contributed by atoms with E-state index in [1.807, 2.05) is 19.1 Å². The molecule has 0 amide bonds. The summed E-state index contributed by atoms with van der Waals surface area (Å²) in [6.07, 6.45) is 0.349. The van der Waals surface area contributed by atoms with E-state index in [0.717, 1.165) is 21.5 Å². The molecular weight excluding hydrogens is 324 g/mol. The van der Waals surface area contributed by atoms with Crippen molar-refractivity contribution < 1.29 is 14.6 Å². The summed E-state index contributed by atoms with van der Waals surface area (Å²) in [7, 11) is 0. The number of aliphatic hydroxyl groups is 1. The van der Waals surface area contributed by atoms with E-state index < -0.39 is 0 Å². The van der Waals surface area contributed by atoms with Gasteiger partial charge in [0.05, 0.1) is 10.6 Å². The van der Waals surface area contributed by atoms with Crippen molar-refractivity contribution >= 4 is 15.9 Å². The van der Waals surface area contributed by atoms with Crippen molar-refractivity contribution in [3.63, 3.8) is 0 Å². The van der Waals surface area contributed by atoms with Gasteiger partial charge < -0.3 is 25.6 Å². The molecule has 20 heavy (non-hydrogen) atoms. The number of benzene rings is 1. The highest BCUT2D eigenvalue weighted by atomic mass is 79.9. The average molecular weight is 345 g/mol. The van der Waals surface area contributed by atoms with Crippen LogP contribution in [0, 0.1) is 0 Å². The highest BCUT2D eigenvalue weighted by Gasteiger charge is 2.22. The van der Waals surface area contributed by atoms with Crippen molar-refractivity contribution in [2.45, 2.75) is 38.5 Å². The molecule has 0 radical (unpaired) electrons. The van der Waals surface area contributed by atoms with Gasteiger partial charge in [0.15, 0.2) is 11.5 Å². The normalized spacial score (nSPS) is 17.9. The fourth-order valence-electron chi connectivity index (χ4n) is 2.41. The zero-order valence-corrected chi connectivity index (χ0v) is 13.3. The molecule has 3 atom stereocenters. The average Bonchev–Trinajstić information content (AvgIpc) is 2.83. The van der Waals surface area contributed by atoms with Crippen LogP contribution in [-0.2, 0) is 0 Å². The number of nitrogens with one attached hydrogen (secondary N) is 1. The molecule has 0 saturated carbocycles. The van der Waals surface area contributed by atoms with Crippen LogP contribution in [0.1, 0.15) is 31.9 Å². The standard InChI is InChI=1S/C14H21BrN2O3/c1-8(3-9(2)18)17-12(6-16)10-4-11(15)14-13(5-10)19-7-20-14/h4-5,8-9,12,17-18H,3,6-7,16H2,1-2H3. The number of nitrogens with two attached hydrogens (primary N) is 1. The lowest BCUT2D eigenvalue weighted by Crippen LogP contribution is -2.36. The van der Waals surface area contributed by atoms with Crippen LogP contribution < -0.4 is 20.5 Å². The minimum atomic E-state index is -0.334. The maximum atomic E-state index is 9.43. The molecule has 0 spiro atoms. The van der Waals surface area contributed by atoms with Crippen LogP contribution in [-0.4, -0.2) is 30.6 Å². The summed E-state index contributed by atoms with van der Waals surface area (Å²) < 4.78 is 11.7. The molecule has 112 valence electrons. The molecule has 0 fully saturated rings. The van der Waals surface area contributed by atoms with Gasteiger partial charge in [0.1, 0.15) is 0 Å². The zero-order valence-electron chi connectivity index (χ0n) is 11.7. The van der Waals surface area contributed by atoms with Crippen LogP contribution in [0.4, 0.5) is 0 Å². The number of hydrogen-bond acceptors (Lipinski definition) is 5. The number of rotatable bonds is 6. The van der Waals surface area contributed by atoms with Crippen LogP contribution in [0.15, 0.2) is 16.6 Å². The molecule has 0 bridgehead atoms. The monoisotopic (exact) mass is 344 g/mol. The van der Waals surface area contributed by atoms with Crippen LogP contribution in [0.5, 0.6) is 11.5 Å². The number of ether oxygens (including phenoxy) is 2. The molecule has 1 aliphatic heterocycles. The Balaban J connectivity index is 2.13. The molecule has 6 heteroatoms. The summed E-state index contributed by atoms with van der Waals surface area (Å²) in [5.74, 6) is 1.47. The highest BCUT2D eigenvalue weighted by molar-refractivity contribution is 9.10. The van der Waals surface area contributed by atoms with Gasteiger partial charge in [-0.15, -0.1) is 0 Å². The highest BCUT2D eigenvalue weighted by Crippen LogP contribution is 2.41. The predicted octanol–water partition coefficient (Wildman–Crippen LogP) is 1.93. The molecule has 5 nitrogen and oxygen atoms in total. The minimum Gasteiger partial charge on any atom is -0.454 e. The van der Waals surface area contributed by atoms with Gasteiger partial charge in [-0.3, -0.25) is 0 Å². The molecule has 3 unspecified atom stereocenters. The largest absolute Gasteiger partial charge is 0.454 e. The van der Waals surface area contributed by atoms with E-state index in [9.17, 15) is 5.11 Å². The molecule has 1 aliphatic rings. The Kier molecular flexibility index (Phi) is 5.26. The SMILES string of the molecule is CC(O)CC(C)NC(CN)c1cc(Br)c2c(c1)OCO2. The first-order chi connectivity index (χ1) is 9.51. The van der Waals surface area contributed by atoms with Crippen molar-refractivity contribution in [1.82, 2.24) is 5.32 Å². The first kappa shape index (κ1) is 15.6. The summed E-state index contributed by atoms with van der Waals surface area (Å²) in [5, 5.41) is 12.9. The summed E-state index contributed by atoms with van der Waals surface area (Å²) in [6, 6.07) is 4.13. The van der Waals surface area contributed by atoms with E-state index in [1.165, 1.54) is 0 Å². The van der Waals surface area contributed by atoms with Crippen molar-refractivity contribution in [2.24, 2.45) is 5.73 Å². The van der Waals surface area contributed by atoms with Crippen LogP contribution in [0.2, 0.25) is 0 Å². The van der Waals surface area contributed by atoms with Gasteiger partial charge in [-0.2, -0.15) is 0 Å². The molecule has 0 saturated heterocycles. The van der Waals surface area contributed by atoms with E-state index >= 15 is 0 Å². The quantitative estimate of drug-likeness (QED) is 0.734. The fraction of sp³-hybridized carbons (Fsp3) is 0.571. The maximum Gasteiger partial charge on any atom is 0.231 e. The van der Waals surface area contributed by atoms with E-state index in [2.05, 4.69) is 21.2 Å². The summed E-state index contributed by atoms with van der Waals surface area (Å²) in [5.41, 5.74) is 6.91. The zero-order chi connectivity index (χ0) is 14.7. The van der Waals surface area contributed by atoms with Crippen molar-refractivity contribution in [1.29, 1.82) is 0 Å². The van der Waals surface area contributed by atoms with Crippen LogP contribution in [0.25, 0.3) is 0 Å². The lowest BCUT2D eigenvalue weighted by Gasteiger charge is -2.24. The van der Waals surface area contributed by atoms with Crippen LogP contribution >= 0.6 is 15.9 Å². The topological polar surface area (TPSA) is 76.7 Å². The van der Waals surface area contributed by atoms with Gasteiger partial charge in [0.2, 0.25) is 6.79 Å². The smallest absolute Gasteiger partial charge is 0.231 e. The molecule has 1 aromatic carbocycles. The van der Waals surface area contributed by atoms with Crippen molar-refractivity contribution in [3.05, 3.63) is 22.2 Å². The summed E-state index contributed by atoms with van der Waals surface area (Å²) in [4.78, 5) is 0. The van der Waals surface area contributed by atoms with E-state index in [-0.39, 0.29) is 25.0 Å². The van der Waals surface area contributed by atoms with E-state index in [1.54, 1.807) is 6.92 Å². The lowest BCUT2D eigenvalue weighted by molar-refractivity contribution is 0.168. The third-order valence-corrected chi connectivity index (χ3v) is 3.86. The molecule has 4 N–H and O–H groups in total. The van der Waals surface area contributed by atoms with Gasteiger partial charge in [-0.25, -0.2) is 0 Å². The molecule has 2 rings (SSSR count). The Labute approximate surface area is 127 Å². The van der Waals surface area contributed by atoms with Gasteiger partial charge in [0, 0.05) is 18.6 Å². The third-order valence-electron chi connectivity index (χ3n) is 3.27. The Hall–Kier alpha value is -0.820. The minimum absolute atomic E-state index is 0.00884. The number of aliphatic hydroxyl groups excluding tert-OH is 1. The van der Waals surface area contributed by atoms with Gasteiger partial charge in [-0.1, -0.05) is 0 Å². The van der Waals surface area contributed by atoms with E-state index in [0.29, 0.717) is 13.0 Å². The predicted molar refractivity (Wildman–Crippen MR) is 81.0 cm³/mol. The molecular formula is C14H21BrN2O3. The van der Waals surface area contributed by atoms with Gasteiger partial charge >= 0.3 is 0 Å². The van der Waals surface area contributed by atoms with Crippen molar-refractivity contribution in [3.8, 4) is 11.5 Å². The van der Waals surface area contributed by atoms with Crippen molar-refractivity contribution in [2.75, 3.05) is 13.3 Å². The molecule has 0 aromatic heterocycles. The maximum absolute atomic E-state index is 9.43. The van der Waals surface area contributed by atoms with Gasteiger partial charge in [0.25, 0.3) is 0 Å². The van der Waals surface area contributed by atoms with Crippen LogP contribution in [0.3, 0.4) is 0 Å². The Bertz CT molecular complexity index is 468. The lowest BCUT2D eigenvalue weighted by atomic mass is 10.0. The first-order valence-corrected chi connectivity index (χ1v) is 7.53. The Morgan fingerprint density at radius 2 is 2.15 bits per heavy atom. The summed E-state index contributed by atoms with van der Waals surface area (Å²) in [6.45, 7) is 4.54. The second-order valence-corrected chi connectivity index (χ2v) is 6.03. The second kappa shape index (κ2) is 6.76. The third kappa shape index (κ3) is 3.63. The number of hydrogen-bond donors (Lipinski definition) is 3. The molecule has 0 aliphatic carbocycles.